The van der Waals surface area contributed by atoms with Crippen LogP contribution in [0.15, 0.2) is 24.9 Å². The number of aliphatic hydroxyl groups is 1. The first-order chi connectivity index (χ1) is 15.7. The lowest BCUT2D eigenvalue weighted by atomic mass is 9.73. The van der Waals surface area contributed by atoms with Crippen molar-refractivity contribution in [3.63, 3.8) is 0 Å². The number of pyridine rings is 1. The lowest BCUT2D eigenvalue weighted by molar-refractivity contribution is -0.126. The molecule has 1 aromatic rings. The van der Waals surface area contributed by atoms with Crippen LogP contribution in [0.4, 0.5) is 0 Å². The number of aliphatic hydroxyl groups excluding tert-OH is 1. The quantitative estimate of drug-likeness (QED) is 0.438. The van der Waals surface area contributed by atoms with E-state index in [0.717, 1.165) is 36.8 Å². The van der Waals surface area contributed by atoms with Gasteiger partial charge in [0.25, 0.3) is 0 Å². The maximum absolute atomic E-state index is 12.0. The molecule has 2 aliphatic rings. The van der Waals surface area contributed by atoms with Gasteiger partial charge in [-0.05, 0) is 57.6 Å². The van der Waals surface area contributed by atoms with Gasteiger partial charge in [0.05, 0.1) is 23.6 Å². The molecule has 1 spiro atoms. The molecular weight excluding hydrogens is 420 g/mol. The predicted molar refractivity (Wildman–Crippen MR) is 125 cm³/mol. The molecule has 180 valence electrons. The third-order valence-corrected chi connectivity index (χ3v) is 6.49. The number of ether oxygens (including phenoxy) is 2. The van der Waals surface area contributed by atoms with Gasteiger partial charge < -0.3 is 25.2 Å². The van der Waals surface area contributed by atoms with Crippen molar-refractivity contribution >= 4 is 5.91 Å². The fourth-order valence-corrected chi connectivity index (χ4v) is 4.56. The summed E-state index contributed by atoms with van der Waals surface area (Å²) in [6.45, 7) is 7.80. The Morgan fingerprint density at radius 2 is 2.30 bits per heavy atom. The summed E-state index contributed by atoms with van der Waals surface area (Å²) in [4.78, 5) is 16.6. The summed E-state index contributed by atoms with van der Waals surface area (Å²) < 4.78 is 11.2. The zero-order valence-corrected chi connectivity index (χ0v) is 19.9. The first-order valence-corrected chi connectivity index (χ1v) is 11.6. The summed E-state index contributed by atoms with van der Waals surface area (Å²) >= 11 is 0. The molecular formula is C25H36N4O4. The summed E-state index contributed by atoms with van der Waals surface area (Å²) in [7, 11) is 1.46. The van der Waals surface area contributed by atoms with Crippen molar-refractivity contribution in [3.05, 3.63) is 36.0 Å². The van der Waals surface area contributed by atoms with Crippen molar-refractivity contribution in [2.45, 2.75) is 76.2 Å². The molecule has 0 unspecified atom stereocenters. The van der Waals surface area contributed by atoms with Crippen LogP contribution in [0.3, 0.4) is 0 Å². The van der Waals surface area contributed by atoms with Gasteiger partial charge in [-0.2, -0.15) is 5.26 Å². The van der Waals surface area contributed by atoms with Gasteiger partial charge in [-0.15, -0.1) is 6.58 Å². The highest BCUT2D eigenvalue weighted by molar-refractivity contribution is 5.77. The highest BCUT2D eigenvalue weighted by Gasteiger charge is 2.46. The minimum atomic E-state index is -0.805. The van der Waals surface area contributed by atoms with Crippen LogP contribution in [0.2, 0.25) is 0 Å². The molecule has 0 bridgehead atoms. The molecule has 3 atom stereocenters. The number of rotatable bonds is 11. The molecule has 0 radical (unpaired) electrons. The van der Waals surface area contributed by atoms with E-state index in [-0.39, 0.29) is 24.2 Å². The largest absolute Gasteiger partial charge is 0.471 e. The van der Waals surface area contributed by atoms with E-state index in [1.165, 1.54) is 7.11 Å². The van der Waals surface area contributed by atoms with Gasteiger partial charge in [0, 0.05) is 37.9 Å². The summed E-state index contributed by atoms with van der Waals surface area (Å²) in [5, 5.41) is 26.5. The molecule has 8 heteroatoms. The standard InChI is InChI=1S/C25H36N4O4/c1-5-7-19(29-22(31)15-32-4)21(30)14-27-20-12-25(8-6-9-25)33-23-18(20)10-17(13-28-23)11-24(2,3)16-26/h5,10,13,19-21,27,30H,1,6-9,11-12,14-15H2,2-4H3,(H,29,31)/t19-,20-,21+/m0/s1. The lowest BCUT2D eigenvalue weighted by Gasteiger charge is -2.47. The Morgan fingerprint density at radius 1 is 1.55 bits per heavy atom. The number of fused-ring (bicyclic) bond motifs is 1. The van der Waals surface area contributed by atoms with E-state index in [4.69, 9.17) is 9.47 Å². The Labute approximate surface area is 196 Å². The lowest BCUT2D eigenvalue weighted by Crippen LogP contribution is -2.52. The third-order valence-electron chi connectivity index (χ3n) is 6.49. The van der Waals surface area contributed by atoms with Gasteiger partial charge >= 0.3 is 0 Å². The van der Waals surface area contributed by atoms with E-state index in [2.05, 4.69) is 34.3 Å². The normalized spacial score (nSPS) is 20.5. The Hall–Kier alpha value is -2.47. The van der Waals surface area contributed by atoms with Gasteiger partial charge in [0.1, 0.15) is 12.2 Å². The second-order valence-corrected chi connectivity index (χ2v) is 9.91. The van der Waals surface area contributed by atoms with Crippen molar-refractivity contribution in [2.24, 2.45) is 5.41 Å². The number of nitrogens with zero attached hydrogens (tertiary/aromatic N) is 2. The molecule has 0 saturated heterocycles. The minimum Gasteiger partial charge on any atom is -0.471 e. The number of methoxy groups -OCH3 is 1. The number of carbonyl (C=O) groups excluding carboxylic acids is 1. The Kier molecular flexibility index (Phi) is 8.11. The number of amides is 1. The van der Waals surface area contributed by atoms with E-state index < -0.39 is 17.6 Å². The summed E-state index contributed by atoms with van der Waals surface area (Å²) in [5.74, 6) is 0.352. The number of nitrogens with one attached hydrogen (secondary N) is 2. The van der Waals surface area contributed by atoms with Crippen LogP contribution in [-0.4, -0.2) is 54.0 Å². The number of nitriles is 1. The van der Waals surface area contributed by atoms with Crippen LogP contribution in [-0.2, 0) is 16.0 Å². The van der Waals surface area contributed by atoms with E-state index >= 15 is 0 Å². The average Bonchev–Trinajstić information content (AvgIpc) is 2.75. The fraction of sp³-hybridized carbons (Fsp3) is 0.640. The van der Waals surface area contributed by atoms with Crippen LogP contribution in [0.1, 0.15) is 63.1 Å². The SMILES string of the molecule is C=CC[C@H](NC(=O)COC)[C@H](O)CN[C@H]1CC2(CCC2)Oc2ncc(CC(C)(C)C#N)cc21. The van der Waals surface area contributed by atoms with Crippen LogP contribution >= 0.6 is 0 Å². The highest BCUT2D eigenvalue weighted by atomic mass is 16.5. The number of aromatic nitrogens is 1. The van der Waals surface area contributed by atoms with Crippen molar-refractivity contribution in [2.75, 3.05) is 20.3 Å². The summed E-state index contributed by atoms with van der Waals surface area (Å²) in [6.07, 6.45) is 7.62. The van der Waals surface area contributed by atoms with Crippen LogP contribution in [0, 0.1) is 16.7 Å². The van der Waals surface area contributed by atoms with Crippen molar-refractivity contribution in [1.82, 2.24) is 15.6 Å². The molecule has 3 N–H and O–H groups in total. The van der Waals surface area contributed by atoms with Crippen molar-refractivity contribution in [3.8, 4) is 11.9 Å². The van der Waals surface area contributed by atoms with Gasteiger partial charge in [-0.1, -0.05) is 6.08 Å². The first kappa shape index (κ1) is 25.2. The maximum Gasteiger partial charge on any atom is 0.246 e. The molecule has 8 nitrogen and oxygen atoms in total. The average molecular weight is 457 g/mol. The van der Waals surface area contributed by atoms with Gasteiger partial charge in [0.15, 0.2) is 0 Å². The molecule has 0 aromatic carbocycles. The molecule has 1 aliphatic heterocycles. The maximum atomic E-state index is 12.0. The second kappa shape index (κ2) is 10.6. The van der Waals surface area contributed by atoms with E-state index in [1.54, 1.807) is 12.3 Å². The first-order valence-electron chi connectivity index (χ1n) is 11.6. The monoisotopic (exact) mass is 456 g/mol. The molecule has 2 heterocycles. The van der Waals surface area contributed by atoms with Crippen LogP contribution in [0.5, 0.6) is 5.88 Å². The van der Waals surface area contributed by atoms with Crippen molar-refractivity contribution in [1.29, 1.82) is 5.26 Å². The van der Waals surface area contributed by atoms with Gasteiger partial charge in [0.2, 0.25) is 11.8 Å². The van der Waals surface area contributed by atoms with E-state index in [0.29, 0.717) is 25.3 Å². The molecule has 1 aromatic heterocycles. The van der Waals surface area contributed by atoms with E-state index in [1.807, 2.05) is 13.8 Å². The second-order valence-electron chi connectivity index (χ2n) is 9.91. The van der Waals surface area contributed by atoms with Gasteiger partial charge in [-0.3, -0.25) is 4.79 Å². The molecule has 1 aliphatic carbocycles. The summed E-state index contributed by atoms with van der Waals surface area (Å²) in [5.41, 5.74) is 1.24. The third kappa shape index (κ3) is 6.32. The Balaban J connectivity index is 1.75. The number of hydrogen-bond acceptors (Lipinski definition) is 7. The Morgan fingerprint density at radius 3 is 2.91 bits per heavy atom. The topological polar surface area (TPSA) is 116 Å². The highest BCUT2D eigenvalue weighted by Crippen LogP contribution is 2.48. The zero-order chi connectivity index (χ0) is 24.1. The van der Waals surface area contributed by atoms with Crippen molar-refractivity contribution < 1.29 is 19.4 Å². The van der Waals surface area contributed by atoms with E-state index in [9.17, 15) is 15.2 Å². The fourth-order valence-electron chi connectivity index (χ4n) is 4.56. The zero-order valence-electron chi connectivity index (χ0n) is 19.9. The summed E-state index contributed by atoms with van der Waals surface area (Å²) in [6, 6.07) is 3.91. The minimum absolute atomic E-state index is 0.0413. The molecule has 33 heavy (non-hydrogen) atoms. The number of hydrogen-bond donors (Lipinski definition) is 3. The smallest absolute Gasteiger partial charge is 0.246 e. The molecule has 1 amide bonds. The van der Waals surface area contributed by atoms with Crippen LogP contribution < -0.4 is 15.4 Å². The molecule has 3 rings (SSSR count). The Bertz CT molecular complexity index is 891. The predicted octanol–water partition coefficient (Wildman–Crippen LogP) is 2.58. The van der Waals surface area contributed by atoms with Gasteiger partial charge in [-0.25, -0.2) is 4.98 Å². The number of carbonyl (C=O) groups is 1. The molecule has 1 fully saturated rings. The molecule has 1 saturated carbocycles. The van der Waals surface area contributed by atoms with Crippen LogP contribution in [0.25, 0.3) is 0 Å².